The molecule has 31 heavy (non-hydrogen) atoms. The molecule has 6 atom stereocenters. The van der Waals surface area contributed by atoms with Gasteiger partial charge in [0.2, 0.25) is 0 Å². The van der Waals surface area contributed by atoms with E-state index in [0.29, 0.717) is 6.29 Å². The summed E-state index contributed by atoms with van der Waals surface area (Å²) < 4.78 is 6.48. The number of carbonyl (C=O) groups excluding carboxylic acids is 1. The fourth-order valence-corrected chi connectivity index (χ4v) is 6.94. The van der Waals surface area contributed by atoms with E-state index in [9.17, 15) is 30.0 Å². The van der Waals surface area contributed by atoms with Gasteiger partial charge < -0.3 is 25.2 Å². The summed E-state index contributed by atoms with van der Waals surface area (Å²) in [5, 5.41) is 44.0. The van der Waals surface area contributed by atoms with Gasteiger partial charge in [0.25, 0.3) is 0 Å². The van der Waals surface area contributed by atoms with E-state index in [-0.39, 0.29) is 76.7 Å². The van der Waals surface area contributed by atoms with E-state index >= 15 is 0 Å². The zero-order chi connectivity index (χ0) is 22.2. The first-order valence-electron chi connectivity index (χ1n) is 10.5. The van der Waals surface area contributed by atoms with Crippen LogP contribution < -0.4 is 39.4 Å². The second kappa shape index (κ2) is 7.73. The molecule has 3 N–H and O–H groups in total. The van der Waals surface area contributed by atoms with Crippen LogP contribution in [0.25, 0.3) is 0 Å². The Balaban J connectivity index is 0.00000272. The maximum Gasteiger partial charge on any atom is 1.00 e. The molecule has 1 aromatic carbocycles. The summed E-state index contributed by atoms with van der Waals surface area (Å²) in [6.07, 6.45) is 0.690. The molecule has 1 heterocycles. The Hall–Kier alpha value is -1.12. The minimum absolute atomic E-state index is 0. The molecular weight excluding hydrogens is 411 g/mol. The van der Waals surface area contributed by atoms with Crippen LogP contribution in [0.3, 0.4) is 0 Å². The van der Waals surface area contributed by atoms with Crippen LogP contribution in [0.15, 0.2) is 6.07 Å². The van der Waals surface area contributed by atoms with Gasteiger partial charge in [-0.2, -0.15) is 0 Å². The predicted octanol–water partition coefficient (Wildman–Crippen LogP) is -0.847. The molecule has 8 heteroatoms. The van der Waals surface area contributed by atoms with Gasteiger partial charge in [0.1, 0.15) is 16.9 Å². The van der Waals surface area contributed by atoms with Crippen LogP contribution in [-0.2, 0) is 6.42 Å². The number of hydrogen-bond donors (Lipinski definition) is 3. The van der Waals surface area contributed by atoms with Crippen LogP contribution in [0.5, 0.6) is 11.5 Å². The van der Waals surface area contributed by atoms with Crippen LogP contribution in [0, 0.1) is 22.7 Å². The standard InChI is InChI=1S/C23H30O7.Na/c1-11-5-6-16-21(2,3)19(27)15(26)9-22(16,4)23(11)8-13-14(25)7-12(10-24)17(20(28)29)18(13)30-23;/h7,10-11,15-16,19,25-27H,5-6,8-9H2,1-4H3,(H,28,29);/q;+1/p-1/t11-,15-,16+,19-,22+,23-;/m1./s1. The van der Waals surface area contributed by atoms with E-state index in [1.54, 1.807) is 0 Å². The van der Waals surface area contributed by atoms with Gasteiger partial charge in [-0.1, -0.05) is 33.8 Å². The van der Waals surface area contributed by atoms with E-state index in [0.717, 1.165) is 18.9 Å². The quantitative estimate of drug-likeness (QED) is 0.404. The second-order valence-electron chi connectivity index (χ2n) is 10.2. The van der Waals surface area contributed by atoms with Crippen molar-refractivity contribution < 1.29 is 64.3 Å². The zero-order valence-corrected chi connectivity index (χ0v) is 20.8. The maximum absolute atomic E-state index is 12.8. The fraction of sp³-hybridized carbons (Fsp3) is 0.652. The summed E-state index contributed by atoms with van der Waals surface area (Å²) >= 11 is 0. The molecule has 4 rings (SSSR count). The number of aliphatic hydroxyl groups excluding tert-OH is 2. The number of rotatable bonds is 2. The summed E-state index contributed by atoms with van der Waals surface area (Å²) in [6, 6.07) is 1.08. The summed E-state index contributed by atoms with van der Waals surface area (Å²) in [7, 11) is 0. The van der Waals surface area contributed by atoms with Crippen molar-refractivity contribution in [3.05, 3.63) is 22.8 Å². The number of carboxylic acids is 1. The second-order valence-corrected chi connectivity index (χ2v) is 10.2. The van der Waals surface area contributed by atoms with Gasteiger partial charge in [-0.05, 0) is 42.1 Å². The number of carbonyl (C=O) groups is 2. The first-order chi connectivity index (χ1) is 13.9. The molecule has 7 nitrogen and oxygen atoms in total. The van der Waals surface area contributed by atoms with Crippen molar-refractivity contribution in [1.82, 2.24) is 0 Å². The van der Waals surface area contributed by atoms with E-state index in [1.807, 2.05) is 27.7 Å². The third-order valence-corrected chi connectivity index (χ3v) is 8.52. The van der Waals surface area contributed by atoms with E-state index in [1.165, 1.54) is 0 Å². The molecule has 0 bridgehead atoms. The zero-order valence-electron chi connectivity index (χ0n) is 18.8. The summed E-state index contributed by atoms with van der Waals surface area (Å²) in [5.74, 6) is -1.73. The van der Waals surface area contributed by atoms with E-state index in [4.69, 9.17) is 4.74 Å². The van der Waals surface area contributed by atoms with Gasteiger partial charge in [-0.25, -0.2) is 4.79 Å². The van der Waals surface area contributed by atoms with Crippen molar-refractivity contribution in [2.45, 2.75) is 71.2 Å². The molecular formula is C23H29NaO7. The Morgan fingerprint density at radius 2 is 1.90 bits per heavy atom. The Kier molecular flexibility index (Phi) is 6.12. The molecule has 1 spiro atoms. The van der Waals surface area contributed by atoms with Crippen LogP contribution in [0.1, 0.15) is 73.2 Å². The largest absolute Gasteiger partial charge is 1.00 e. The van der Waals surface area contributed by atoms with Crippen LogP contribution in [0.2, 0.25) is 0 Å². The smallest absolute Gasteiger partial charge is 0.872 e. The third-order valence-electron chi connectivity index (χ3n) is 8.52. The average molecular weight is 440 g/mol. The SMILES string of the molecule is C[C@@H]1CC[C@H]2C(C)(C)[C@H](O)[C@H](O)C[C@]2(C)[C@@]12Cc1c([O-])cc(C=O)c(C(=O)O)c1O2.[Na+]. The maximum atomic E-state index is 12.8. The molecule has 1 aromatic rings. The minimum Gasteiger partial charge on any atom is -0.872 e. The van der Waals surface area contributed by atoms with Gasteiger partial charge in [0, 0.05) is 17.4 Å². The Bertz CT molecular complexity index is 929. The number of hydrogen-bond acceptors (Lipinski definition) is 6. The van der Waals surface area contributed by atoms with Gasteiger partial charge in [0.05, 0.1) is 12.2 Å². The summed E-state index contributed by atoms with van der Waals surface area (Å²) in [4.78, 5) is 23.4. The molecule has 2 fully saturated rings. The Morgan fingerprint density at radius 3 is 2.48 bits per heavy atom. The normalized spacial score (nSPS) is 37.9. The van der Waals surface area contributed by atoms with Crippen LogP contribution >= 0.6 is 0 Å². The minimum atomic E-state index is -1.31. The van der Waals surface area contributed by atoms with Gasteiger partial charge in [-0.3, -0.25) is 4.79 Å². The molecule has 0 aromatic heterocycles. The molecule has 2 saturated carbocycles. The molecule has 2 aliphatic carbocycles. The van der Waals surface area contributed by atoms with E-state index in [2.05, 4.69) is 0 Å². The number of aldehydes is 1. The first kappa shape index (κ1) is 24.5. The number of ether oxygens (including phenoxy) is 1. The predicted molar refractivity (Wildman–Crippen MR) is 106 cm³/mol. The average Bonchev–Trinajstić information content (AvgIpc) is 3.07. The van der Waals surface area contributed by atoms with Gasteiger partial charge in [-0.15, -0.1) is 5.75 Å². The third kappa shape index (κ3) is 3.11. The topological polar surface area (TPSA) is 127 Å². The van der Waals surface area contributed by atoms with E-state index < -0.39 is 40.4 Å². The number of aromatic carboxylic acids is 1. The summed E-state index contributed by atoms with van der Waals surface area (Å²) in [6.45, 7) is 7.95. The number of fused-ring (bicyclic) bond motifs is 3. The van der Waals surface area contributed by atoms with Crippen LogP contribution in [-0.4, -0.2) is 45.4 Å². The number of benzene rings is 1. The molecule has 0 amide bonds. The Morgan fingerprint density at radius 1 is 1.26 bits per heavy atom. The van der Waals surface area contributed by atoms with Crippen molar-refractivity contribution in [2.75, 3.05) is 0 Å². The van der Waals surface area contributed by atoms with Crippen molar-refractivity contribution in [3.8, 4) is 11.5 Å². The molecule has 1 aliphatic heterocycles. The number of carboxylic acid groups (broad SMARTS) is 1. The molecule has 164 valence electrons. The molecule has 0 saturated heterocycles. The molecule has 0 unspecified atom stereocenters. The monoisotopic (exact) mass is 440 g/mol. The Labute approximate surface area is 204 Å². The molecule has 3 aliphatic rings. The fourth-order valence-electron chi connectivity index (χ4n) is 6.94. The van der Waals surface area contributed by atoms with Gasteiger partial charge >= 0.3 is 35.5 Å². The number of aliphatic hydroxyl groups is 2. The van der Waals surface area contributed by atoms with Crippen molar-refractivity contribution in [1.29, 1.82) is 0 Å². The van der Waals surface area contributed by atoms with Crippen molar-refractivity contribution in [2.24, 2.45) is 22.7 Å². The van der Waals surface area contributed by atoms with Crippen molar-refractivity contribution in [3.63, 3.8) is 0 Å². The van der Waals surface area contributed by atoms with Crippen molar-refractivity contribution >= 4 is 12.3 Å². The first-order valence-corrected chi connectivity index (χ1v) is 10.5. The van der Waals surface area contributed by atoms with Crippen LogP contribution in [0.4, 0.5) is 0 Å². The van der Waals surface area contributed by atoms with Gasteiger partial charge in [0.15, 0.2) is 6.29 Å². The summed E-state index contributed by atoms with van der Waals surface area (Å²) in [5.41, 5.74) is -2.26. The molecule has 0 radical (unpaired) electrons.